The lowest BCUT2D eigenvalue weighted by Gasteiger charge is -2.11. The normalized spacial score (nSPS) is 11.5. The van der Waals surface area contributed by atoms with E-state index in [0.29, 0.717) is 5.56 Å². The first-order chi connectivity index (χ1) is 8.11. The van der Waals surface area contributed by atoms with Crippen LogP contribution in [0, 0.1) is 0 Å². The van der Waals surface area contributed by atoms with Crippen molar-refractivity contribution in [1.29, 1.82) is 0 Å². The fourth-order valence-corrected chi connectivity index (χ4v) is 2.12. The predicted molar refractivity (Wildman–Crippen MR) is 74.6 cm³/mol. The zero-order chi connectivity index (χ0) is 12.8. The molecule has 0 aliphatic heterocycles. The van der Waals surface area contributed by atoms with E-state index in [1.807, 2.05) is 24.3 Å². The van der Waals surface area contributed by atoms with Crippen molar-refractivity contribution in [3.63, 3.8) is 0 Å². The van der Waals surface area contributed by atoms with Gasteiger partial charge in [0.2, 0.25) is 0 Å². The van der Waals surface area contributed by atoms with Gasteiger partial charge < -0.3 is 10.2 Å². The molecule has 1 aromatic carbocycles. The topological polar surface area (TPSA) is 50.7 Å². The molecule has 1 amide bonds. The zero-order valence-electron chi connectivity index (χ0n) is 9.41. The fraction of sp³-hybridized carbons (Fsp3) is 0.273. The Morgan fingerprint density at radius 2 is 2.06 bits per heavy atom. The van der Waals surface area contributed by atoms with Gasteiger partial charge in [0, 0.05) is 12.6 Å². The number of halogens is 2. The Hall–Kier alpha value is -0.880. The lowest BCUT2D eigenvalue weighted by Crippen LogP contribution is -2.29. The maximum atomic E-state index is 11.7. The molecule has 0 unspecified atom stereocenters. The molecule has 1 rings (SSSR count). The van der Waals surface area contributed by atoms with Gasteiger partial charge in [-0.3, -0.25) is 4.79 Å². The van der Waals surface area contributed by atoms with E-state index in [4.69, 9.17) is 4.84 Å². The van der Waals surface area contributed by atoms with Gasteiger partial charge in [0.1, 0.15) is 7.11 Å². The first-order valence-electron chi connectivity index (χ1n) is 4.82. The van der Waals surface area contributed by atoms with Crippen LogP contribution in [0.4, 0.5) is 0 Å². The van der Waals surface area contributed by atoms with E-state index in [1.54, 1.807) is 7.05 Å². The van der Waals surface area contributed by atoms with Gasteiger partial charge in [0.25, 0.3) is 5.91 Å². The molecule has 0 fully saturated rings. The number of alkyl halides is 2. The van der Waals surface area contributed by atoms with Crippen LogP contribution in [-0.2, 0) is 9.63 Å². The van der Waals surface area contributed by atoms with Gasteiger partial charge in [0.05, 0.1) is 3.74 Å². The molecular formula is C11H12Br2N2O2. The van der Waals surface area contributed by atoms with Gasteiger partial charge in [-0.1, -0.05) is 61.3 Å². The van der Waals surface area contributed by atoms with Crippen LogP contribution in [0.1, 0.15) is 14.9 Å². The Bertz CT molecular complexity index is 433. The van der Waals surface area contributed by atoms with Crippen LogP contribution < -0.4 is 5.32 Å². The summed E-state index contributed by atoms with van der Waals surface area (Å²) in [5.74, 6) is -0.292. The summed E-state index contributed by atoms with van der Waals surface area (Å²) in [7, 11) is 2.96. The first kappa shape index (κ1) is 14.2. The standard InChI is InChI=1S/C11H12Br2N2O2/c1-14-11(16)9(15-17-2)7-5-3-4-6-8(7)10(12)13/h3-6,10H,1-2H3,(H,14,16). The molecule has 0 saturated carbocycles. The number of benzene rings is 1. The number of nitrogens with zero attached hydrogens (tertiary/aromatic N) is 1. The molecule has 0 radical (unpaired) electrons. The molecule has 4 nitrogen and oxygen atoms in total. The average molecular weight is 364 g/mol. The van der Waals surface area contributed by atoms with E-state index in [0.717, 1.165) is 5.56 Å². The summed E-state index contributed by atoms with van der Waals surface area (Å²) < 4.78 is -0.0575. The van der Waals surface area contributed by atoms with Crippen LogP contribution in [0.15, 0.2) is 29.4 Å². The summed E-state index contributed by atoms with van der Waals surface area (Å²) >= 11 is 6.83. The Morgan fingerprint density at radius 3 is 2.59 bits per heavy atom. The van der Waals surface area contributed by atoms with E-state index in [2.05, 4.69) is 42.3 Å². The molecule has 6 heteroatoms. The number of amides is 1. The van der Waals surface area contributed by atoms with E-state index >= 15 is 0 Å². The largest absolute Gasteiger partial charge is 0.398 e. The molecule has 0 heterocycles. The lowest BCUT2D eigenvalue weighted by atomic mass is 10.0. The molecule has 17 heavy (non-hydrogen) atoms. The summed E-state index contributed by atoms with van der Waals surface area (Å²) in [6, 6.07) is 7.45. The predicted octanol–water partition coefficient (Wildman–Crippen LogP) is 2.57. The summed E-state index contributed by atoms with van der Waals surface area (Å²) in [4.78, 5) is 16.4. The molecule has 0 aromatic heterocycles. The highest BCUT2D eigenvalue weighted by atomic mass is 79.9. The summed E-state index contributed by atoms with van der Waals surface area (Å²) in [6.07, 6.45) is 0. The van der Waals surface area contributed by atoms with E-state index in [-0.39, 0.29) is 15.4 Å². The van der Waals surface area contributed by atoms with E-state index < -0.39 is 0 Å². The number of carbonyl (C=O) groups excluding carboxylic acids is 1. The highest BCUT2D eigenvalue weighted by molar-refractivity contribution is 9.24. The molecule has 0 atom stereocenters. The number of hydrogen-bond donors (Lipinski definition) is 1. The first-order valence-corrected chi connectivity index (χ1v) is 6.65. The van der Waals surface area contributed by atoms with E-state index in [1.165, 1.54) is 7.11 Å². The van der Waals surface area contributed by atoms with Gasteiger partial charge in [-0.15, -0.1) is 0 Å². The van der Waals surface area contributed by atoms with Crippen LogP contribution >= 0.6 is 31.9 Å². The molecule has 1 N–H and O–H groups in total. The van der Waals surface area contributed by atoms with Crippen LogP contribution in [0.3, 0.4) is 0 Å². The van der Waals surface area contributed by atoms with Crippen molar-refractivity contribution in [2.75, 3.05) is 14.2 Å². The highest BCUT2D eigenvalue weighted by Crippen LogP contribution is 2.31. The number of carbonyl (C=O) groups is 1. The summed E-state index contributed by atoms with van der Waals surface area (Å²) in [5, 5.41) is 6.31. The van der Waals surface area contributed by atoms with Crippen LogP contribution in [0.2, 0.25) is 0 Å². The van der Waals surface area contributed by atoms with E-state index in [9.17, 15) is 4.79 Å². The summed E-state index contributed by atoms with van der Waals surface area (Å²) in [6.45, 7) is 0. The van der Waals surface area contributed by atoms with Crippen LogP contribution in [-0.4, -0.2) is 25.8 Å². The van der Waals surface area contributed by atoms with Crippen molar-refractivity contribution >= 4 is 43.5 Å². The smallest absolute Gasteiger partial charge is 0.273 e. The SMILES string of the molecule is CNC(=O)C(=NOC)c1ccccc1C(Br)Br. The molecule has 0 bridgehead atoms. The minimum absolute atomic E-state index is 0.0575. The number of oxime groups is 1. The van der Waals surface area contributed by atoms with Crippen molar-refractivity contribution in [2.45, 2.75) is 3.74 Å². The number of likely N-dealkylation sites (N-methyl/N-ethyl adjacent to an activating group) is 1. The van der Waals surface area contributed by atoms with Crippen LogP contribution in [0.5, 0.6) is 0 Å². The van der Waals surface area contributed by atoms with Crippen molar-refractivity contribution < 1.29 is 9.63 Å². The Labute approximate surface area is 117 Å². The fourth-order valence-electron chi connectivity index (χ4n) is 1.33. The number of rotatable bonds is 4. The van der Waals surface area contributed by atoms with Gasteiger partial charge in [0.15, 0.2) is 5.71 Å². The van der Waals surface area contributed by atoms with Crippen molar-refractivity contribution in [1.82, 2.24) is 5.32 Å². The third-order valence-corrected chi connectivity index (χ3v) is 3.06. The molecule has 1 aromatic rings. The van der Waals surface area contributed by atoms with Gasteiger partial charge >= 0.3 is 0 Å². The summed E-state index contributed by atoms with van der Waals surface area (Å²) in [5.41, 5.74) is 1.87. The van der Waals surface area contributed by atoms with Gasteiger partial charge in [-0.05, 0) is 5.56 Å². The van der Waals surface area contributed by atoms with Crippen molar-refractivity contribution in [3.05, 3.63) is 35.4 Å². The molecule has 92 valence electrons. The second-order valence-electron chi connectivity index (χ2n) is 3.09. The number of hydrogen-bond acceptors (Lipinski definition) is 3. The third-order valence-electron chi connectivity index (χ3n) is 2.08. The Kier molecular flexibility index (Phi) is 5.64. The van der Waals surface area contributed by atoms with Gasteiger partial charge in [-0.25, -0.2) is 0 Å². The van der Waals surface area contributed by atoms with Crippen molar-refractivity contribution in [3.8, 4) is 0 Å². The monoisotopic (exact) mass is 362 g/mol. The third kappa shape index (κ3) is 3.54. The highest BCUT2D eigenvalue weighted by Gasteiger charge is 2.19. The maximum absolute atomic E-state index is 11.7. The molecule has 0 spiro atoms. The second-order valence-corrected chi connectivity index (χ2v) is 6.15. The lowest BCUT2D eigenvalue weighted by molar-refractivity contribution is -0.114. The maximum Gasteiger partial charge on any atom is 0.273 e. The molecule has 0 aliphatic rings. The number of nitrogens with one attached hydrogen (secondary N) is 1. The quantitative estimate of drug-likeness (QED) is 0.507. The Morgan fingerprint density at radius 1 is 1.41 bits per heavy atom. The van der Waals surface area contributed by atoms with Crippen molar-refractivity contribution in [2.24, 2.45) is 5.16 Å². The minimum atomic E-state index is -0.292. The molecular weight excluding hydrogens is 352 g/mol. The van der Waals surface area contributed by atoms with Gasteiger partial charge in [-0.2, -0.15) is 0 Å². The minimum Gasteiger partial charge on any atom is -0.398 e. The second kappa shape index (κ2) is 6.76. The molecule has 0 aliphatic carbocycles. The average Bonchev–Trinajstić information content (AvgIpc) is 2.35. The zero-order valence-corrected chi connectivity index (χ0v) is 12.6. The van der Waals surface area contributed by atoms with Crippen LogP contribution in [0.25, 0.3) is 0 Å². The Balaban J connectivity index is 3.28. The molecule has 0 saturated heterocycles.